The predicted molar refractivity (Wildman–Crippen MR) is 224 cm³/mol. The molecular weight excluding hydrogens is 862 g/mol. The summed E-state index contributed by atoms with van der Waals surface area (Å²) in [6.07, 6.45) is 0. The van der Waals surface area contributed by atoms with Crippen LogP contribution in [0.1, 0.15) is 43.0 Å². The van der Waals surface area contributed by atoms with Gasteiger partial charge >= 0.3 is 7.12 Å². The van der Waals surface area contributed by atoms with E-state index in [0.29, 0.717) is 16.6 Å². The van der Waals surface area contributed by atoms with Crippen LogP contribution in [0.5, 0.6) is 0 Å². The molecule has 6 aromatic rings. The average molecular weight is 896 g/mol. The van der Waals surface area contributed by atoms with Crippen molar-refractivity contribution in [2.75, 3.05) is 0 Å². The first-order valence-corrected chi connectivity index (χ1v) is 21.0. The van der Waals surface area contributed by atoms with E-state index in [2.05, 4.69) is 22.0 Å². The highest BCUT2D eigenvalue weighted by molar-refractivity contribution is 9.10. The molecule has 0 amide bonds. The number of nitrogens with two attached hydrogens (primary N) is 2. The topological polar surface area (TPSA) is 195 Å². The minimum absolute atomic E-state index is 0.0140. The van der Waals surface area contributed by atoms with Gasteiger partial charge in [0.05, 0.1) is 10.0 Å². The van der Waals surface area contributed by atoms with Gasteiger partial charge in [0, 0.05) is 26.7 Å². The lowest BCUT2D eigenvalue weighted by Crippen LogP contribution is -2.29. The van der Waals surface area contributed by atoms with Gasteiger partial charge in [-0.25, -0.2) is 27.1 Å². The summed E-state index contributed by atoms with van der Waals surface area (Å²) in [7, 11) is -9.32. The molecule has 0 aliphatic carbocycles. The van der Waals surface area contributed by atoms with Crippen LogP contribution >= 0.6 is 39.1 Å². The summed E-state index contributed by atoms with van der Waals surface area (Å²) in [6, 6.07) is 37.1. The number of sulfonamides is 2. The molecule has 0 bridgehead atoms. The van der Waals surface area contributed by atoms with Crippen LogP contribution in [-0.2, 0) is 20.0 Å². The summed E-state index contributed by atoms with van der Waals surface area (Å²) in [5.74, 6) is -0.610. The molecule has 0 aliphatic heterocycles. The SMILES string of the molecule is Cc1cccc(-c2ccc(C(=O)c3ccc(Cl)c(S(N)(=O)=O)c3)cc2)c1.Cc1cccc(B(O)O)c1.NS(=O)(=O)c1cc(C(=O)c2ccc(Br)cc2)ccc1Cl. The third kappa shape index (κ3) is 12.3. The molecule has 0 saturated heterocycles. The Hall–Kier alpha value is -4.48. The molecule has 0 aliphatic rings. The van der Waals surface area contributed by atoms with Crippen LogP contribution in [0.3, 0.4) is 0 Å². The molecule has 16 heteroatoms. The van der Waals surface area contributed by atoms with Gasteiger partial charge in [-0.1, -0.05) is 123 Å². The Balaban J connectivity index is 0.000000205. The maximum Gasteiger partial charge on any atom is 0.488 e. The Labute approximate surface area is 344 Å². The molecule has 6 aromatic carbocycles. The molecule has 0 atom stereocenters. The molecular formula is C40H34BBrCl2N2O8S2. The van der Waals surface area contributed by atoms with Gasteiger partial charge in [0.2, 0.25) is 20.0 Å². The Bertz CT molecular complexity index is 2610. The van der Waals surface area contributed by atoms with Gasteiger partial charge in [0.25, 0.3) is 0 Å². The van der Waals surface area contributed by atoms with E-state index in [0.717, 1.165) is 26.7 Å². The summed E-state index contributed by atoms with van der Waals surface area (Å²) in [5, 5.41) is 27.6. The fraction of sp³-hybridized carbons (Fsp3) is 0.0500. The molecule has 6 rings (SSSR count). The number of rotatable bonds is 8. The van der Waals surface area contributed by atoms with Gasteiger partial charge in [0.15, 0.2) is 11.6 Å². The van der Waals surface area contributed by atoms with Gasteiger partial charge in [-0.15, -0.1) is 0 Å². The van der Waals surface area contributed by atoms with Crippen molar-refractivity contribution in [2.45, 2.75) is 23.6 Å². The zero-order valence-electron chi connectivity index (χ0n) is 29.7. The Morgan fingerprint density at radius 3 is 1.36 bits per heavy atom. The highest BCUT2D eigenvalue weighted by atomic mass is 79.9. The van der Waals surface area contributed by atoms with Crippen molar-refractivity contribution in [3.63, 3.8) is 0 Å². The Morgan fingerprint density at radius 2 is 0.964 bits per heavy atom. The van der Waals surface area contributed by atoms with Crippen LogP contribution in [-0.4, -0.2) is 45.6 Å². The van der Waals surface area contributed by atoms with Crippen molar-refractivity contribution in [1.82, 2.24) is 0 Å². The van der Waals surface area contributed by atoms with E-state index in [1.807, 2.05) is 50.2 Å². The standard InChI is InChI=1S/C20H16ClNO3S.C13H9BrClNO3S.C7H9BO2/c1-13-3-2-4-16(11-13)14-5-7-15(8-6-14)20(23)17-9-10-18(21)19(12-17)26(22,24)25;14-10-4-1-8(2-5-10)13(17)9-3-6-11(15)12(7-9)20(16,18)19;1-6-3-2-4-7(5-6)8(9)10/h2-12H,1H3,(H2,22,24,25);1-7H,(H2,16,18,19);2-5,9-10H,1H3. The summed E-state index contributed by atoms with van der Waals surface area (Å²) in [6.45, 7) is 3.93. The van der Waals surface area contributed by atoms with Gasteiger partial charge in [-0.2, -0.15) is 0 Å². The Morgan fingerprint density at radius 1 is 0.554 bits per heavy atom. The fourth-order valence-corrected chi connectivity index (χ4v) is 7.54. The average Bonchev–Trinajstić information content (AvgIpc) is 3.14. The van der Waals surface area contributed by atoms with Crippen LogP contribution in [0.2, 0.25) is 10.0 Å². The minimum atomic E-state index is -4.00. The zero-order valence-corrected chi connectivity index (χ0v) is 34.5. The lowest BCUT2D eigenvalue weighted by molar-refractivity contribution is 0.103. The third-order valence-electron chi connectivity index (χ3n) is 7.95. The first-order chi connectivity index (χ1) is 26.2. The highest BCUT2D eigenvalue weighted by Crippen LogP contribution is 2.26. The van der Waals surface area contributed by atoms with Crippen molar-refractivity contribution in [3.8, 4) is 11.1 Å². The van der Waals surface area contributed by atoms with Crippen molar-refractivity contribution < 1.29 is 36.5 Å². The first-order valence-electron chi connectivity index (χ1n) is 16.3. The molecule has 0 spiro atoms. The second-order valence-electron chi connectivity index (χ2n) is 12.3. The number of aryl methyl sites for hydroxylation is 2. The minimum Gasteiger partial charge on any atom is -0.423 e. The van der Waals surface area contributed by atoms with Crippen molar-refractivity contribution in [3.05, 3.63) is 181 Å². The molecule has 10 nitrogen and oxygen atoms in total. The van der Waals surface area contributed by atoms with Gasteiger partial charge in [0.1, 0.15) is 9.79 Å². The van der Waals surface area contributed by atoms with Gasteiger partial charge < -0.3 is 10.0 Å². The molecule has 288 valence electrons. The first kappa shape index (κ1) is 44.2. The molecule has 6 N–H and O–H groups in total. The lowest BCUT2D eigenvalue weighted by atomic mass is 9.80. The summed E-state index contributed by atoms with van der Waals surface area (Å²) >= 11 is 14.9. The van der Waals surface area contributed by atoms with E-state index < -0.39 is 27.2 Å². The highest BCUT2D eigenvalue weighted by Gasteiger charge is 2.19. The second kappa shape index (κ2) is 19.1. The smallest absolute Gasteiger partial charge is 0.423 e. The summed E-state index contributed by atoms with van der Waals surface area (Å²) in [4.78, 5) is 24.4. The number of halogens is 3. The monoisotopic (exact) mass is 894 g/mol. The van der Waals surface area contributed by atoms with Crippen LogP contribution < -0.4 is 15.7 Å². The molecule has 56 heavy (non-hydrogen) atoms. The predicted octanol–water partition coefficient (Wildman–Crippen LogP) is 6.85. The molecule has 0 unspecified atom stereocenters. The van der Waals surface area contributed by atoms with E-state index in [1.54, 1.807) is 54.6 Å². The summed E-state index contributed by atoms with van der Waals surface area (Å²) in [5.41, 5.74) is 6.09. The lowest BCUT2D eigenvalue weighted by Gasteiger charge is -2.07. The number of carbonyl (C=O) groups excluding carboxylic acids is 2. The van der Waals surface area contributed by atoms with Crippen molar-refractivity contribution >= 4 is 83.3 Å². The Kier molecular flexibility index (Phi) is 15.1. The van der Waals surface area contributed by atoms with Gasteiger partial charge in [-0.3, -0.25) is 9.59 Å². The summed E-state index contributed by atoms with van der Waals surface area (Å²) < 4.78 is 46.8. The number of benzene rings is 6. The van der Waals surface area contributed by atoms with E-state index >= 15 is 0 Å². The van der Waals surface area contributed by atoms with Crippen LogP contribution in [0.4, 0.5) is 0 Å². The van der Waals surface area contributed by atoms with Crippen molar-refractivity contribution in [1.29, 1.82) is 0 Å². The number of hydrogen-bond acceptors (Lipinski definition) is 8. The van der Waals surface area contributed by atoms with E-state index in [4.69, 9.17) is 43.5 Å². The maximum atomic E-state index is 12.7. The quantitative estimate of drug-likeness (QED) is 0.0941. The van der Waals surface area contributed by atoms with E-state index in [9.17, 15) is 26.4 Å². The second-order valence-corrected chi connectivity index (χ2v) is 17.1. The largest absolute Gasteiger partial charge is 0.488 e. The maximum absolute atomic E-state index is 12.7. The third-order valence-corrected chi connectivity index (χ3v) is 11.3. The van der Waals surface area contributed by atoms with Crippen LogP contribution in [0.15, 0.2) is 148 Å². The van der Waals surface area contributed by atoms with Crippen molar-refractivity contribution in [2.24, 2.45) is 10.3 Å². The van der Waals surface area contributed by atoms with E-state index in [1.165, 1.54) is 36.4 Å². The molecule has 0 saturated carbocycles. The number of primary sulfonamides is 2. The molecule has 0 radical (unpaired) electrons. The van der Waals surface area contributed by atoms with E-state index in [-0.39, 0.29) is 42.5 Å². The van der Waals surface area contributed by atoms with Crippen LogP contribution in [0.25, 0.3) is 11.1 Å². The van der Waals surface area contributed by atoms with Gasteiger partial charge in [-0.05, 0) is 91.1 Å². The van der Waals surface area contributed by atoms with Crippen LogP contribution in [0, 0.1) is 13.8 Å². The zero-order chi connectivity index (χ0) is 41.4. The number of hydrogen-bond donors (Lipinski definition) is 4. The molecule has 0 fully saturated rings. The normalized spacial score (nSPS) is 11.0. The number of carbonyl (C=O) groups is 2. The fourth-order valence-electron chi connectivity index (χ4n) is 5.13. The number of ketones is 2. The molecule has 0 aromatic heterocycles. The molecule has 0 heterocycles.